The number of benzene rings is 1. The molecular weight excluding hydrogens is 288 g/mol. The Morgan fingerprint density at radius 3 is 2.40 bits per heavy atom. The molecule has 0 aliphatic carbocycles. The van der Waals surface area contributed by atoms with Gasteiger partial charge in [-0.15, -0.1) is 0 Å². The lowest BCUT2D eigenvalue weighted by molar-refractivity contribution is -0.387. The van der Waals surface area contributed by atoms with Crippen LogP contribution in [0, 0.1) is 10.1 Å². The van der Waals surface area contributed by atoms with Gasteiger partial charge in [-0.3, -0.25) is 14.9 Å². The van der Waals surface area contributed by atoms with Crippen LogP contribution in [0.4, 0.5) is 5.69 Å². The van der Waals surface area contributed by atoms with Crippen LogP contribution in [0.15, 0.2) is 29.2 Å². The molecule has 1 aromatic rings. The number of rotatable bonds is 6. The fraction of sp³-hybridized carbons (Fsp3) is 0.364. The Bertz CT molecular complexity index is 626. The zero-order chi connectivity index (χ0) is 15.5. The van der Waals surface area contributed by atoms with Crippen LogP contribution in [0.1, 0.15) is 13.8 Å². The molecule has 0 heterocycles. The first-order chi connectivity index (χ1) is 9.17. The lowest BCUT2D eigenvalue weighted by Crippen LogP contribution is -2.40. The van der Waals surface area contributed by atoms with Crippen LogP contribution in [-0.4, -0.2) is 41.3 Å². The number of carboxylic acids is 1. The van der Waals surface area contributed by atoms with E-state index >= 15 is 0 Å². The molecule has 0 aromatic heterocycles. The molecule has 8 nitrogen and oxygen atoms in total. The third-order valence-electron chi connectivity index (χ3n) is 2.52. The summed E-state index contributed by atoms with van der Waals surface area (Å²) >= 11 is 0. The van der Waals surface area contributed by atoms with Crippen LogP contribution in [0.2, 0.25) is 0 Å². The van der Waals surface area contributed by atoms with Gasteiger partial charge in [0.1, 0.15) is 6.54 Å². The van der Waals surface area contributed by atoms with Gasteiger partial charge in [0.05, 0.1) is 4.92 Å². The van der Waals surface area contributed by atoms with E-state index in [1.165, 1.54) is 26.0 Å². The second-order valence-electron chi connectivity index (χ2n) is 4.26. The van der Waals surface area contributed by atoms with Crippen molar-refractivity contribution in [2.45, 2.75) is 24.8 Å². The van der Waals surface area contributed by atoms with Crippen LogP contribution >= 0.6 is 0 Å². The highest BCUT2D eigenvalue weighted by Gasteiger charge is 2.34. The van der Waals surface area contributed by atoms with E-state index in [0.717, 1.165) is 12.1 Å². The van der Waals surface area contributed by atoms with E-state index in [9.17, 15) is 23.3 Å². The second kappa shape index (κ2) is 5.97. The molecule has 0 fully saturated rings. The largest absolute Gasteiger partial charge is 0.480 e. The van der Waals surface area contributed by atoms with Crippen molar-refractivity contribution in [1.29, 1.82) is 0 Å². The summed E-state index contributed by atoms with van der Waals surface area (Å²) in [5.74, 6) is -1.33. The van der Waals surface area contributed by atoms with Crippen LogP contribution in [0.5, 0.6) is 0 Å². The fourth-order valence-corrected chi connectivity index (χ4v) is 3.38. The SMILES string of the molecule is CC(C)N(CC(=O)O)S(=O)(=O)c1ccccc1[N+](=O)[O-]. The molecule has 110 valence electrons. The predicted molar refractivity (Wildman–Crippen MR) is 69.8 cm³/mol. The minimum Gasteiger partial charge on any atom is -0.480 e. The maximum absolute atomic E-state index is 12.4. The van der Waals surface area contributed by atoms with Crippen LogP contribution in [0.25, 0.3) is 0 Å². The predicted octanol–water partition coefficient (Wildman–Crippen LogP) is 1.08. The number of hydrogen-bond acceptors (Lipinski definition) is 5. The summed E-state index contributed by atoms with van der Waals surface area (Å²) in [5.41, 5.74) is -0.580. The highest BCUT2D eigenvalue weighted by Crippen LogP contribution is 2.27. The number of nitro benzene ring substituents is 1. The van der Waals surface area contributed by atoms with Gasteiger partial charge >= 0.3 is 5.97 Å². The van der Waals surface area contributed by atoms with Crippen molar-refractivity contribution in [3.63, 3.8) is 0 Å². The zero-order valence-electron chi connectivity index (χ0n) is 10.9. The maximum Gasteiger partial charge on any atom is 0.318 e. The van der Waals surface area contributed by atoms with E-state index in [1.54, 1.807) is 0 Å². The van der Waals surface area contributed by atoms with Gasteiger partial charge < -0.3 is 5.11 Å². The Kier molecular flexibility index (Phi) is 4.79. The molecule has 9 heteroatoms. The number of carbonyl (C=O) groups is 1. The van der Waals surface area contributed by atoms with E-state index in [0.29, 0.717) is 4.31 Å². The highest BCUT2D eigenvalue weighted by molar-refractivity contribution is 7.89. The number of aliphatic carboxylic acids is 1. The average molecular weight is 302 g/mol. The smallest absolute Gasteiger partial charge is 0.318 e. The first-order valence-corrected chi connectivity index (χ1v) is 7.09. The van der Waals surface area contributed by atoms with Gasteiger partial charge in [0.15, 0.2) is 4.90 Å². The summed E-state index contributed by atoms with van der Waals surface area (Å²) in [6.07, 6.45) is 0. The van der Waals surface area contributed by atoms with Crippen LogP contribution in [-0.2, 0) is 14.8 Å². The zero-order valence-corrected chi connectivity index (χ0v) is 11.7. The van der Waals surface area contributed by atoms with E-state index in [4.69, 9.17) is 5.11 Å². The molecule has 0 amide bonds. The van der Waals surface area contributed by atoms with Crippen LogP contribution < -0.4 is 0 Å². The molecule has 0 unspecified atom stereocenters. The number of nitro groups is 1. The molecular formula is C11H14N2O6S. The molecule has 0 aliphatic heterocycles. The summed E-state index contributed by atoms with van der Waals surface area (Å²) in [6.45, 7) is 2.23. The van der Waals surface area contributed by atoms with Gasteiger partial charge in [-0.1, -0.05) is 12.1 Å². The third kappa shape index (κ3) is 3.31. The lowest BCUT2D eigenvalue weighted by Gasteiger charge is -2.23. The van der Waals surface area contributed by atoms with Crippen LogP contribution in [0.3, 0.4) is 0 Å². The Morgan fingerprint density at radius 2 is 1.95 bits per heavy atom. The molecule has 1 N–H and O–H groups in total. The summed E-state index contributed by atoms with van der Waals surface area (Å²) in [7, 11) is -4.26. The number of sulfonamides is 1. The third-order valence-corrected chi connectivity index (χ3v) is 4.58. The van der Waals surface area contributed by atoms with Crippen molar-refractivity contribution in [3.05, 3.63) is 34.4 Å². The molecule has 0 atom stereocenters. The molecule has 0 bridgehead atoms. The van der Waals surface area contributed by atoms with Gasteiger partial charge in [-0.2, -0.15) is 4.31 Å². The molecule has 0 aliphatic rings. The first kappa shape index (κ1) is 16.1. The Labute approximate surface area is 115 Å². The monoisotopic (exact) mass is 302 g/mol. The summed E-state index contributed by atoms with van der Waals surface area (Å²) in [4.78, 5) is 20.3. The highest BCUT2D eigenvalue weighted by atomic mass is 32.2. The van der Waals surface area contributed by atoms with E-state index in [1.807, 2.05) is 0 Å². The van der Waals surface area contributed by atoms with Crippen molar-refractivity contribution in [3.8, 4) is 0 Å². The minimum atomic E-state index is -4.26. The Balaban J connectivity index is 3.41. The summed E-state index contributed by atoms with van der Waals surface area (Å²) in [5, 5.41) is 19.7. The molecule has 20 heavy (non-hydrogen) atoms. The number of para-hydroxylation sites is 1. The Morgan fingerprint density at radius 1 is 1.40 bits per heavy atom. The minimum absolute atomic E-state index is 0.514. The van der Waals surface area contributed by atoms with Crippen molar-refractivity contribution in [2.24, 2.45) is 0 Å². The topological polar surface area (TPSA) is 118 Å². The van der Waals surface area contributed by atoms with E-state index in [2.05, 4.69) is 0 Å². The normalized spacial score (nSPS) is 11.8. The second-order valence-corrected chi connectivity index (χ2v) is 6.12. The first-order valence-electron chi connectivity index (χ1n) is 5.65. The average Bonchev–Trinajstić information content (AvgIpc) is 2.35. The summed E-state index contributed by atoms with van der Waals surface area (Å²) in [6, 6.07) is 4.19. The number of nitrogens with zero attached hydrogens (tertiary/aromatic N) is 2. The Hall–Kier alpha value is -2.00. The lowest BCUT2D eigenvalue weighted by atomic mass is 10.3. The van der Waals surface area contributed by atoms with Gasteiger partial charge in [0, 0.05) is 12.1 Å². The van der Waals surface area contributed by atoms with Gasteiger partial charge in [0.2, 0.25) is 0 Å². The molecule has 0 radical (unpaired) electrons. The molecule has 1 rings (SSSR count). The van der Waals surface area contributed by atoms with Gasteiger partial charge in [-0.25, -0.2) is 8.42 Å². The standard InChI is InChI=1S/C11H14N2O6S/c1-8(2)12(7-11(14)15)20(18,19)10-6-4-3-5-9(10)13(16)17/h3-6,8H,7H2,1-2H3,(H,14,15). The van der Waals surface area contributed by atoms with Crippen molar-refractivity contribution in [2.75, 3.05) is 6.54 Å². The maximum atomic E-state index is 12.4. The molecule has 0 saturated carbocycles. The van der Waals surface area contributed by atoms with Crippen molar-refractivity contribution in [1.82, 2.24) is 4.31 Å². The van der Waals surface area contributed by atoms with Gasteiger partial charge in [0.25, 0.3) is 15.7 Å². The molecule has 1 aromatic carbocycles. The van der Waals surface area contributed by atoms with Gasteiger partial charge in [-0.05, 0) is 19.9 Å². The quantitative estimate of drug-likeness (QED) is 0.620. The molecule has 0 spiro atoms. The number of hydrogen-bond donors (Lipinski definition) is 1. The molecule has 0 saturated heterocycles. The van der Waals surface area contributed by atoms with Crippen molar-refractivity contribution < 1.29 is 23.2 Å². The van der Waals surface area contributed by atoms with E-state index < -0.39 is 44.1 Å². The summed E-state index contributed by atoms with van der Waals surface area (Å²) < 4.78 is 25.5. The van der Waals surface area contributed by atoms with Crippen molar-refractivity contribution >= 4 is 21.7 Å². The fourth-order valence-electron chi connectivity index (χ4n) is 1.63. The number of carboxylic acid groups (broad SMARTS) is 1. The van der Waals surface area contributed by atoms with E-state index in [-0.39, 0.29) is 0 Å².